The summed E-state index contributed by atoms with van der Waals surface area (Å²) in [6.45, 7) is 7.05. The molecule has 0 amide bonds. The Morgan fingerprint density at radius 3 is 2.33 bits per heavy atom. The maximum atomic E-state index is 12.6. The van der Waals surface area contributed by atoms with Crippen LogP contribution in [0.5, 0.6) is 5.75 Å². The summed E-state index contributed by atoms with van der Waals surface area (Å²) >= 11 is 12.7. The Morgan fingerprint density at radius 1 is 0.891 bits per heavy atom. The van der Waals surface area contributed by atoms with E-state index in [9.17, 15) is 13.5 Å². The smallest absolute Gasteiger partial charge is 0.330 e. The van der Waals surface area contributed by atoms with Gasteiger partial charge in [-0.15, -0.1) is 0 Å². The van der Waals surface area contributed by atoms with Gasteiger partial charge in [-0.2, -0.15) is 8.42 Å². The van der Waals surface area contributed by atoms with Gasteiger partial charge >= 0.3 is 10.2 Å². The predicted molar refractivity (Wildman–Crippen MR) is 184 cm³/mol. The molecule has 2 N–H and O–H groups in total. The number of halogens is 2. The SMILES string of the molecule is CC(C)(C)COc1cccc(-c2ccc(Cc3nc(-c4ccc(Cl)cc4Cl)cn3-c3cccc(N4C=C(O)NS4(=O)=O)c3)cc2)c1. The third kappa shape index (κ3) is 7.02. The van der Waals surface area contributed by atoms with Crippen LogP contribution in [0, 0.1) is 5.41 Å². The van der Waals surface area contributed by atoms with Gasteiger partial charge in [0.1, 0.15) is 11.6 Å². The van der Waals surface area contributed by atoms with Gasteiger partial charge in [-0.3, -0.25) is 0 Å². The first-order chi connectivity index (χ1) is 21.8. The van der Waals surface area contributed by atoms with Crippen molar-refractivity contribution >= 4 is 39.1 Å². The summed E-state index contributed by atoms with van der Waals surface area (Å²) in [6, 6.07) is 28.6. The highest BCUT2D eigenvalue weighted by Gasteiger charge is 2.29. The summed E-state index contributed by atoms with van der Waals surface area (Å²) in [5, 5.41) is 10.8. The lowest BCUT2D eigenvalue weighted by Gasteiger charge is -2.19. The first-order valence-electron chi connectivity index (χ1n) is 14.5. The minimum absolute atomic E-state index is 0.0620. The van der Waals surface area contributed by atoms with Crippen LogP contribution in [-0.2, 0) is 16.6 Å². The van der Waals surface area contributed by atoms with Crippen LogP contribution in [-0.4, -0.2) is 29.7 Å². The van der Waals surface area contributed by atoms with Crippen molar-refractivity contribution in [2.24, 2.45) is 5.41 Å². The van der Waals surface area contributed by atoms with Crippen molar-refractivity contribution in [2.45, 2.75) is 27.2 Å². The topological polar surface area (TPSA) is 96.7 Å². The molecule has 1 aliphatic rings. The van der Waals surface area contributed by atoms with Gasteiger partial charge in [-0.25, -0.2) is 14.0 Å². The van der Waals surface area contributed by atoms with E-state index in [2.05, 4.69) is 55.8 Å². The summed E-state index contributed by atoms with van der Waals surface area (Å²) in [5.74, 6) is 1.09. The van der Waals surface area contributed by atoms with Gasteiger partial charge in [0.2, 0.25) is 5.88 Å². The summed E-state index contributed by atoms with van der Waals surface area (Å²) in [6.07, 6.45) is 3.47. The molecule has 0 saturated carbocycles. The summed E-state index contributed by atoms with van der Waals surface area (Å²) in [5.41, 5.74) is 5.58. The zero-order valence-electron chi connectivity index (χ0n) is 25.4. The van der Waals surface area contributed by atoms with Gasteiger partial charge in [0, 0.05) is 28.9 Å². The van der Waals surface area contributed by atoms with Crippen molar-refractivity contribution in [1.29, 1.82) is 0 Å². The number of aromatic nitrogens is 2. The molecule has 0 fully saturated rings. The van der Waals surface area contributed by atoms with Crippen LogP contribution in [0.1, 0.15) is 32.2 Å². The highest BCUT2D eigenvalue weighted by molar-refractivity contribution is 7.91. The van der Waals surface area contributed by atoms with Crippen LogP contribution in [0.25, 0.3) is 28.1 Å². The van der Waals surface area contributed by atoms with Crippen LogP contribution in [0.3, 0.4) is 0 Å². The van der Waals surface area contributed by atoms with Crippen molar-refractivity contribution in [2.75, 3.05) is 10.9 Å². The maximum absolute atomic E-state index is 12.6. The molecule has 236 valence electrons. The molecule has 0 unspecified atom stereocenters. The molecule has 46 heavy (non-hydrogen) atoms. The average molecular weight is 676 g/mol. The van der Waals surface area contributed by atoms with E-state index in [0.717, 1.165) is 32.9 Å². The van der Waals surface area contributed by atoms with E-state index < -0.39 is 16.1 Å². The van der Waals surface area contributed by atoms with Crippen molar-refractivity contribution in [3.63, 3.8) is 0 Å². The Morgan fingerprint density at radius 2 is 1.63 bits per heavy atom. The van der Waals surface area contributed by atoms with Crippen molar-refractivity contribution in [3.05, 3.63) is 131 Å². The number of aliphatic hydroxyl groups is 1. The van der Waals surface area contributed by atoms with Crippen molar-refractivity contribution < 1.29 is 18.3 Å². The maximum Gasteiger partial charge on any atom is 0.330 e. The van der Waals surface area contributed by atoms with Crippen LogP contribution in [0.15, 0.2) is 109 Å². The normalized spacial score (nSPS) is 14.2. The minimum atomic E-state index is -3.96. The minimum Gasteiger partial charge on any atom is -0.493 e. The molecule has 0 bridgehead atoms. The van der Waals surface area contributed by atoms with Gasteiger partial charge in [0.15, 0.2) is 0 Å². The zero-order chi connectivity index (χ0) is 32.6. The standard InChI is InChI=1S/C35H32Cl2N4O4S/c1-35(2,3)22-45-29-9-4-6-25(17-29)24-12-10-23(11-13-24)16-33-38-32(30-15-14-26(36)18-31(30)37)20-40(33)27-7-5-8-28(19-27)41-21-34(42)39-46(41,43)44/h4-15,17-21,39,42H,16,22H2,1-3H3. The Kier molecular flexibility index (Phi) is 8.50. The second-order valence-electron chi connectivity index (χ2n) is 12.2. The van der Waals surface area contributed by atoms with E-state index in [4.69, 9.17) is 32.9 Å². The monoisotopic (exact) mass is 674 g/mol. The first-order valence-corrected chi connectivity index (χ1v) is 16.7. The number of benzene rings is 4. The van der Waals surface area contributed by atoms with E-state index in [1.807, 2.05) is 41.1 Å². The molecule has 4 aromatic carbocycles. The van der Waals surface area contributed by atoms with E-state index in [0.29, 0.717) is 51.5 Å². The van der Waals surface area contributed by atoms with Crippen LogP contribution < -0.4 is 13.8 Å². The number of imidazole rings is 1. The summed E-state index contributed by atoms with van der Waals surface area (Å²) in [4.78, 5) is 4.97. The number of rotatable bonds is 8. The summed E-state index contributed by atoms with van der Waals surface area (Å²) in [7, 11) is -3.96. The van der Waals surface area contributed by atoms with Crippen LogP contribution in [0.4, 0.5) is 5.69 Å². The van der Waals surface area contributed by atoms with E-state index >= 15 is 0 Å². The van der Waals surface area contributed by atoms with Gasteiger partial charge in [-0.05, 0) is 70.6 Å². The fourth-order valence-electron chi connectivity index (χ4n) is 5.04. The lowest BCUT2D eigenvalue weighted by molar-refractivity contribution is 0.198. The Hall–Kier alpha value is -4.44. The molecule has 6 rings (SSSR count). The molecule has 0 atom stereocenters. The molecule has 8 nitrogen and oxygen atoms in total. The lowest BCUT2D eigenvalue weighted by atomic mass is 9.98. The number of anilines is 1. The highest BCUT2D eigenvalue weighted by Crippen LogP contribution is 2.33. The number of nitrogens with one attached hydrogen (secondary N) is 1. The second-order valence-corrected chi connectivity index (χ2v) is 14.6. The van der Waals surface area contributed by atoms with Gasteiger partial charge in [0.25, 0.3) is 0 Å². The van der Waals surface area contributed by atoms with Crippen molar-refractivity contribution in [1.82, 2.24) is 14.3 Å². The molecule has 0 saturated heterocycles. The number of hydrogen-bond donors (Lipinski definition) is 2. The highest BCUT2D eigenvalue weighted by atomic mass is 35.5. The fraction of sp³-hybridized carbons (Fsp3) is 0.171. The molecular weight excluding hydrogens is 643 g/mol. The number of ether oxygens (including phenoxy) is 1. The molecule has 5 aromatic rings. The Balaban J connectivity index is 1.33. The van der Waals surface area contributed by atoms with Gasteiger partial charge in [-0.1, -0.05) is 86.4 Å². The second kappa shape index (κ2) is 12.4. The van der Waals surface area contributed by atoms with E-state index in [1.165, 1.54) is 0 Å². The molecule has 2 heterocycles. The average Bonchev–Trinajstić information content (AvgIpc) is 3.54. The quantitative estimate of drug-likeness (QED) is 0.172. The molecule has 0 aliphatic carbocycles. The van der Waals surface area contributed by atoms with E-state index in [-0.39, 0.29) is 5.41 Å². The third-order valence-electron chi connectivity index (χ3n) is 7.24. The molecule has 1 aromatic heterocycles. The van der Waals surface area contributed by atoms with Crippen LogP contribution >= 0.6 is 23.2 Å². The van der Waals surface area contributed by atoms with E-state index in [1.54, 1.807) is 30.3 Å². The zero-order valence-corrected chi connectivity index (χ0v) is 27.7. The summed E-state index contributed by atoms with van der Waals surface area (Å²) < 4.78 is 36.1. The molecule has 0 radical (unpaired) electrons. The van der Waals surface area contributed by atoms with Gasteiger partial charge < -0.3 is 14.4 Å². The fourth-order valence-corrected chi connectivity index (χ4v) is 6.59. The molecule has 11 heteroatoms. The molecule has 0 spiro atoms. The Labute approximate surface area is 278 Å². The Bertz CT molecular complexity index is 2050. The van der Waals surface area contributed by atoms with Gasteiger partial charge in [0.05, 0.1) is 29.2 Å². The molecule has 1 aliphatic heterocycles. The predicted octanol–water partition coefficient (Wildman–Crippen LogP) is 8.54. The van der Waals surface area contributed by atoms with Crippen LogP contribution in [0.2, 0.25) is 10.0 Å². The first kappa shape index (κ1) is 31.5. The molecular formula is C35H32Cl2N4O4S. The number of nitrogens with zero attached hydrogens (tertiary/aromatic N) is 3. The van der Waals surface area contributed by atoms with Crippen molar-refractivity contribution in [3.8, 4) is 33.8 Å². The third-order valence-corrected chi connectivity index (χ3v) is 9.08. The largest absolute Gasteiger partial charge is 0.493 e. The number of hydrogen-bond acceptors (Lipinski definition) is 5. The lowest BCUT2D eigenvalue weighted by Crippen LogP contribution is -2.29. The number of aliphatic hydroxyl groups excluding tert-OH is 1.